The molecule has 59 heavy (non-hydrogen) atoms. The summed E-state index contributed by atoms with van der Waals surface area (Å²) in [5.41, 5.74) is 9.13. The van der Waals surface area contributed by atoms with Crippen LogP contribution in [0.3, 0.4) is 0 Å². The highest BCUT2D eigenvalue weighted by Gasteiger charge is 2.35. The summed E-state index contributed by atoms with van der Waals surface area (Å²) in [7, 11) is 1.46. The van der Waals surface area contributed by atoms with Crippen LogP contribution < -0.4 is 21.5 Å². The number of hydrogen-bond donors (Lipinski definition) is 4. The highest BCUT2D eigenvalue weighted by atomic mass is 35.5. The Morgan fingerprint density at radius 1 is 1.00 bits per heavy atom. The molecule has 4 aromatic rings. The standard InChI is InChI=1S/C40H44ClN9O8S/c1-22-23(2)59-40-34(22)36(25-8-10-27(41)11-9-25)43-29(37-48-45-24(3)50(37)40)20-33(54)47-46-32(53)14-16-57-18-19-58-17-15-42-28-7-5-6-26(21-51)35(28)39(56)49(4)30-12-13-31(52)44-38(30)55/h5-11,21,29-30,42H,12-20H2,1-4H3,(H,46,53)(H,47,54)(H,44,52,55)/t29-,30?/m0/s1. The van der Waals surface area contributed by atoms with Gasteiger partial charge in [-0.15, -0.1) is 21.5 Å². The van der Waals surface area contributed by atoms with E-state index in [0.29, 0.717) is 34.4 Å². The molecule has 2 aliphatic heterocycles. The summed E-state index contributed by atoms with van der Waals surface area (Å²) in [4.78, 5) is 82.3. The number of likely N-dealkylation sites (N-methyl/N-ethyl adjacent to an activating group) is 1. The lowest BCUT2D eigenvalue weighted by molar-refractivity contribution is -0.136. The molecule has 0 saturated carbocycles. The fraction of sp³-hybridized carbons (Fsp3) is 0.375. The predicted octanol–water partition coefficient (Wildman–Crippen LogP) is 3.56. The number of thiophene rings is 1. The Balaban J connectivity index is 0.932. The molecular formula is C40H44ClN9O8S. The largest absolute Gasteiger partial charge is 0.382 e. The molecule has 0 bridgehead atoms. The van der Waals surface area contributed by atoms with Crippen LogP contribution in [0.4, 0.5) is 5.69 Å². The maximum atomic E-state index is 13.4. The number of aliphatic imine (C=N–C) groups is 1. The van der Waals surface area contributed by atoms with Crippen LogP contribution in [0.5, 0.6) is 0 Å². The number of hydrazine groups is 1. The number of hydrogen-bond acceptors (Lipinski definition) is 13. The van der Waals surface area contributed by atoms with E-state index in [1.807, 2.05) is 30.5 Å². The molecule has 2 aliphatic rings. The number of ether oxygens (including phenoxy) is 2. The molecule has 4 heterocycles. The number of fused-ring (bicyclic) bond motifs is 3. The van der Waals surface area contributed by atoms with Crippen molar-refractivity contribution >= 4 is 70.2 Å². The van der Waals surface area contributed by atoms with Gasteiger partial charge in [-0.25, -0.2) is 0 Å². The number of anilines is 1. The quantitative estimate of drug-likeness (QED) is 0.0554. The third-order valence-electron chi connectivity index (χ3n) is 9.92. The number of nitrogens with one attached hydrogen (secondary N) is 4. The highest BCUT2D eigenvalue weighted by molar-refractivity contribution is 7.15. The van der Waals surface area contributed by atoms with Gasteiger partial charge in [0.1, 0.15) is 22.9 Å². The van der Waals surface area contributed by atoms with Crippen molar-refractivity contribution in [3.05, 3.63) is 91.8 Å². The lowest BCUT2D eigenvalue weighted by Gasteiger charge is -2.30. The normalized spacial score (nSPS) is 15.9. The Hall–Kier alpha value is -5.82. The van der Waals surface area contributed by atoms with Gasteiger partial charge in [-0.3, -0.25) is 54.5 Å². The third-order valence-corrected chi connectivity index (χ3v) is 11.4. The van der Waals surface area contributed by atoms with Crippen molar-refractivity contribution in [2.24, 2.45) is 4.99 Å². The summed E-state index contributed by atoms with van der Waals surface area (Å²) in [6.45, 7) is 6.96. The van der Waals surface area contributed by atoms with Crippen molar-refractivity contribution < 1.29 is 38.2 Å². The number of halogens is 1. The van der Waals surface area contributed by atoms with E-state index in [9.17, 15) is 28.8 Å². The molecule has 2 atom stereocenters. The fourth-order valence-electron chi connectivity index (χ4n) is 6.73. The van der Waals surface area contributed by atoms with Gasteiger partial charge in [-0.05, 0) is 51.0 Å². The smallest absolute Gasteiger partial charge is 0.257 e. The van der Waals surface area contributed by atoms with Crippen molar-refractivity contribution in [3.8, 4) is 5.00 Å². The number of carbonyl (C=O) groups is 6. The summed E-state index contributed by atoms with van der Waals surface area (Å²) < 4.78 is 13.1. The molecule has 310 valence electrons. The topological polar surface area (TPSA) is 215 Å². The Morgan fingerprint density at radius 2 is 1.73 bits per heavy atom. The van der Waals surface area contributed by atoms with Gasteiger partial charge >= 0.3 is 0 Å². The summed E-state index contributed by atoms with van der Waals surface area (Å²) >= 11 is 7.80. The molecular weight excluding hydrogens is 802 g/mol. The number of piperidine rings is 1. The number of imide groups is 1. The van der Waals surface area contributed by atoms with E-state index in [4.69, 9.17) is 26.1 Å². The van der Waals surface area contributed by atoms with Gasteiger partial charge < -0.3 is 19.7 Å². The van der Waals surface area contributed by atoms with E-state index in [-0.39, 0.29) is 69.8 Å². The molecule has 1 fully saturated rings. The molecule has 0 spiro atoms. The zero-order chi connectivity index (χ0) is 42.2. The maximum absolute atomic E-state index is 13.4. The number of aromatic nitrogens is 3. The van der Waals surface area contributed by atoms with E-state index < -0.39 is 41.6 Å². The molecule has 4 N–H and O–H groups in total. The molecule has 1 unspecified atom stereocenters. The molecule has 6 rings (SSSR count). The van der Waals surface area contributed by atoms with Gasteiger partial charge in [0.2, 0.25) is 23.6 Å². The van der Waals surface area contributed by atoms with Crippen LogP contribution in [0, 0.1) is 20.8 Å². The SMILES string of the molecule is Cc1sc2c(c1C)C(c1ccc(Cl)cc1)=N[C@@H](CC(=O)NNC(=O)CCOCCOCCNc1cccc(C=O)c1C(=O)N(C)C1CCC(=O)NC1=O)c1nnc(C)n1-2. The first kappa shape index (κ1) is 42.8. The second kappa shape index (κ2) is 19.3. The summed E-state index contributed by atoms with van der Waals surface area (Å²) in [6, 6.07) is 10.6. The number of aldehydes is 1. The summed E-state index contributed by atoms with van der Waals surface area (Å²) in [5.74, 6) is -1.23. The van der Waals surface area contributed by atoms with E-state index in [1.54, 1.807) is 35.6 Å². The van der Waals surface area contributed by atoms with Gasteiger partial charge in [0.05, 0.1) is 50.5 Å². The van der Waals surface area contributed by atoms with Gasteiger partial charge in [-0.1, -0.05) is 35.9 Å². The lowest BCUT2D eigenvalue weighted by atomic mass is 9.99. The average molecular weight is 846 g/mol. The number of rotatable bonds is 16. The molecule has 19 heteroatoms. The third kappa shape index (κ3) is 9.90. The number of nitrogens with zero attached hydrogens (tertiary/aromatic N) is 5. The number of aryl methyl sites for hydroxylation is 2. The van der Waals surface area contributed by atoms with Crippen LogP contribution in [0.1, 0.15) is 85.7 Å². The van der Waals surface area contributed by atoms with Crippen LogP contribution in [0.15, 0.2) is 47.5 Å². The van der Waals surface area contributed by atoms with Crippen molar-refractivity contribution in [1.82, 2.24) is 35.8 Å². The molecule has 0 radical (unpaired) electrons. The molecule has 2 aromatic carbocycles. The summed E-state index contributed by atoms with van der Waals surface area (Å²) in [6.07, 6.45) is 0.734. The Labute approximate surface area is 348 Å². The van der Waals surface area contributed by atoms with Crippen LogP contribution >= 0.6 is 22.9 Å². The van der Waals surface area contributed by atoms with Crippen LogP contribution in [-0.4, -0.2) is 107 Å². The van der Waals surface area contributed by atoms with Crippen LogP contribution in [-0.2, 0) is 28.7 Å². The number of amides is 5. The van der Waals surface area contributed by atoms with Crippen LogP contribution in [0.2, 0.25) is 5.02 Å². The zero-order valence-electron chi connectivity index (χ0n) is 32.9. The predicted molar refractivity (Wildman–Crippen MR) is 219 cm³/mol. The molecule has 0 aliphatic carbocycles. The van der Waals surface area contributed by atoms with E-state index in [0.717, 1.165) is 26.6 Å². The molecule has 1 saturated heterocycles. The first-order valence-electron chi connectivity index (χ1n) is 18.9. The van der Waals surface area contributed by atoms with Gasteiger partial charge in [0, 0.05) is 52.3 Å². The highest BCUT2D eigenvalue weighted by Crippen LogP contribution is 2.39. The maximum Gasteiger partial charge on any atom is 0.257 e. The van der Waals surface area contributed by atoms with E-state index >= 15 is 0 Å². The van der Waals surface area contributed by atoms with E-state index in [2.05, 4.69) is 38.6 Å². The lowest BCUT2D eigenvalue weighted by Crippen LogP contribution is -2.53. The number of benzene rings is 2. The van der Waals surface area contributed by atoms with Crippen molar-refractivity contribution in [3.63, 3.8) is 0 Å². The Morgan fingerprint density at radius 3 is 2.46 bits per heavy atom. The molecule has 5 amide bonds. The van der Waals surface area contributed by atoms with Crippen molar-refractivity contribution in [2.45, 2.75) is 58.5 Å². The number of carbonyl (C=O) groups excluding carboxylic acids is 6. The summed E-state index contributed by atoms with van der Waals surface area (Å²) in [5, 5.41) is 15.6. The zero-order valence-corrected chi connectivity index (χ0v) is 34.5. The molecule has 17 nitrogen and oxygen atoms in total. The van der Waals surface area contributed by atoms with E-state index in [1.165, 1.54) is 18.0 Å². The second-order valence-corrected chi connectivity index (χ2v) is 15.5. The van der Waals surface area contributed by atoms with Crippen LogP contribution in [0.25, 0.3) is 5.00 Å². The second-order valence-electron chi connectivity index (χ2n) is 13.9. The fourth-order valence-corrected chi connectivity index (χ4v) is 8.07. The molecule has 2 aromatic heterocycles. The van der Waals surface area contributed by atoms with Crippen molar-refractivity contribution in [1.29, 1.82) is 0 Å². The minimum absolute atomic E-state index is 0.0202. The van der Waals surface area contributed by atoms with Gasteiger partial charge in [0.15, 0.2) is 12.1 Å². The van der Waals surface area contributed by atoms with Gasteiger partial charge in [0.25, 0.3) is 5.91 Å². The van der Waals surface area contributed by atoms with Gasteiger partial charge in [-0.2, -0.15) is 0 Å². The Bertz CT molecular complexity index is 2290. The monoisotopic (exact) mass is 845 g/mol. The van der Waals surface area contributed by atoms with Crippen molar-refractivity contribution in [2.75, 3.05) is 45.3 Å². The first-order valence-corrected chi connectivity index (χ1v) is 20.1. The Kier molecular flexibility index (Phi) is 14.0. The minimum atomic E-state index is -0.845. The first-order chi connectivity index (χ1) is 28.4. The average Bonchev–Trinajstić information content (AvgIpc) is 3.70. The minimum Gasteiger partial charge on any atom is -0.382 e.